The molecule has 0 aliphatic heterocycles. The minimum Gasteiger partial charge on any atom is -0.447 e. The molecule has 1 rings (SSSR count). The molecule has 1 amide bonds. The minimum absolute atomic E-state index is 0.114. The normalized spacial score (nSPS) is 10.1. The third-order valence-corrected chi connectivity index (χ3v) is 1.65. The van der Waals surface area contributed by atoms with E-state index in [1.807, 2.05) is 13.8 Å². The van der Waals surface area contributed by atoms with Gasteiger partial charge in [0.1, 0.15) is 5.82 Å². The summed E-state index contributed by atoms with van der Waals surface area (Å²) in [6, 6.07) is 1.73. The van der Waals surface area contributed by atoms with Gasteiger partial charge in [-0.25, -0.2) is 14.8 Å². The zero-order valence-corrected chi connectivity index (χ0v) is 9.17. The first-order chi connectivity index (χ1) is 7.09. The van der Waals surface area contributed by atoms with Crippen LogP contribution in [0.25, 0.3) is 0 Å². The Hall–Kier alpha value is -1.65. The number of amides is 1. The summed E-state index contributed by atoms with van der Waals surface area (Å²) < 4.78 is 5.02. The van der Waals surface area contributed by atoms with Crippen LogP contribution in [0.5, 0.6) is 0 Å². The van der Waals surface area contributed by atoms with E-state index >= 15 is 0 Å². The van der Waals surface area contributed by atoms with E-state index in [2.05, 4.69) is 9.97 Å². The molecule has 1 aromatic rings. The third kappa shape index (κ3) is 3.93. The fourth-order valence-electron chi connectivity index (χ4n) is 0.980. The summed E-state index contributed by atoms with van der Waals surface area (Å²) in [5, 5.41) is 0. The Labute approximate surface area is 89.1 Å². The predicted molar refractivity (Wildman–Crippen MR) is 55.1 cm³/mol. The predicted octanol–water partition coefficient (Wildman–Crippen LogP) is 1.45. The van der Waals surface area contributed by atoms with Gasteiger partial charge in [0.2, 0.25) is 0 Å². The second-order valence-electron chi connectivity index (χ2n) is 3.45. The van der Waals surface area contributed by atoms with Gasteiger partial charge in [0.15, 0.2) is 0 Å². The monoisotopic (exact) mass is 209 g/mol. The van der Waals surface area contributed by atoms with Crippen LogP contribution >= 0.6 is 0 Å². The Balaban J connectivity index is 2.49. The molecule has 0 aliphatic rings. The van der Waals surface area contributed by atoms with Gasteiger partial charge in [0, 0.05) is 19.4 Å². The van der Waals surface area contributed by atoms with Gasteiger partial charge in [0.05, 0.1) is 12.6 Å². The van der Waals surface area contributed by atoms with E-state index in [9.17, 15) is 4.79 Å². The third-order valence-electron chi connectivity index (χ3n) is 1.65. The second kappa shape index (κ2) is 5.29. The van der Waals surface area contributed by atoms with E-state index in [4.69, 9.17) is 4.74 Å². The lowest BCUT2D eigenvalue weighted by atomic mass is 10.5. The van der Waals surface area contributed by atoms with Crippen molar-refractivity contribution < 1.29 is 9.53 Å². The smallest absolute Gasteiger partial charge is 0.410 e. The molecule has 0 aromatic carbocycles. The van der Waals surface area contributed by atoms with Gasteiger partial charge in [-0.1, -0.05) is 0 Å². The number of hydrogen-bond acceptors (Lipinski definition) is 4. The largest absolute Gasteiger partial charge is 0.447 e. The standard InChI is InChI=1S/C10H15N3O2/c1-8(2)15-10(14)13(3)7-9-11-5-4-6-12-9/h4-6,8H,7H2,1-3H3. The molecular weight excluding hydrogens is 194 g/mol. The van der Waals surface area contributed by atoms with Crippen molar-refractivity contribution >= 4 is 6.09 Å². The highest BCUT2D eigenvalue weighted by Crippen LogP contribution is 2.00. The van der Waals surface area contributed by atoms with Crippen molar-refractivity contribution in [3.63, 3.8) is 0 Å². The molecule has 5 heteroatoms. The number of hydrogen-bond donors (Lipinski definition) is 0. The summed E-state index contributed by atoms with van der Waals surface area (Å²) in [6.45, 7) is 3.97. The first-order valence-corrected chi connectivity index (χ1v) is 4.77. The number of carbonyl (C=O) groups is 1. The molecule has 1 aromatic heterocycles. The number of ether oxygens (including phenoxy) is 1. The molecule has 0 atom stereocenters. The molecular formula is C10H15N3O2. The first kappa shape index (κ1) is 11.4. The molecule has 0 unspecified atom stereocenters. The molecule has 0 radical (unpaired) electrons. The zero-order chi connectivity index (χ0) is 11.3. The Morgan fingerprint density at radius 3 is 2.60 bits per heavy atom. The summed E-state index contributed by atoms with van der Waals surface area (Å²) in [7, 11) is 1.65. The fraction of sp³-hybridized carbons (Fsp3) is 0.500. The Morgan fingerprint density at radius 2 is 2.07 bits per heavy atom. The van der Waals surface area contributed by atoms with Crippen molar-refractivity contribution in [1.82, 2.24) is 14.9 Å². The molecule has 0 saturated heterocycles. The van der Waals surface area contributed by atoms with Crippen LogP contribution < -0.4 is 0 Å². The van der Waals surface area contributed by atoms with Crippen molar-refractivity contribution in [2.45, 2.75) is 26.5 Å². The summed E-state index contributed by atoms with van der Waals surface area (Å²) in [4.78, 5) is 20.9. The molecule has 0 spiro atoms. The van der Waals surface area contributed by atoms with Crippen molar-refractivity contribution in [3.8, 4) is 0 Å². The zero-order valence-electron chi connectivity index (χ0n) is 9.17. The van der Waals surface area contributed by atoms with Crippen LogP contribution in [0.15, 0.2) is 18.5 Å². The van der Waals surface area contributed by atoms with Crippen LogP contribution in [0.4, 0.5) is 4.79 Å². The van der Waals surface area contributed by atoms with Crippen molar-refractivity contribution in [1.29, 1.82) is 0 Å². The highest BCUT2D eigenvalue weighted by molar-refractivity contribution is 5.67. The molecule has 0 fully saturated rings. The molecule has 0 saturated carbocycles. The van der Waals surface area contributed by atoms with Gasteiger partial charge in [-0.2, -0.15) is 0 Å². The summed E-state index contributed by atoms with van der Waals surface area (Å²) in [6.07, 6.45) is 2.81. The van der Waals surface area contributed by atoms with E-state index in [1.54, 1.807) is 25.5 Å². The van der Waals surface area contributed by atoms with E-state index in [-0.39, 0.29) is 12.2 Å². The number of carbonyl (C=O) groups excluding carboxylic acids is 1. The first-order valence-electron chi connectivity index (χ1n) is 4.77. The van der Waals surface area contributed by atoms with E-state index in [0.29, 0.717) is 12.4 Å². The number of aromatic nitrogens is 2. The van der Waals surface area contributed by atoms with E-state index in [1.165, 1.54) is 4.90 Å². The summed E-state index contributed by atoms with van der Waals surface area (Å²) in [5.74, 6) is 0.598. The van der Waals surface area contributed by atoms with Crippen molar-refractivity contribution in [2.75, 3.05) is 7.05 Å². The van der Waals surface area contributed by atoms with Crippen molar-refractivity contribution in [2.24, 2.45) is 0 Å². The van der Waals surface area contributed by atoms with Gasteiger partial charge in [0.25, 0.3) is 0 Å². The lowest BCUT2D eigenvalue weighted by molar-refractivity contribution is 0.0816. The van der Waals surface area contributed by atoms with Crippen LogP contribution in [0, 0.1) is 0 Å². The van der Waals surface area contributed by atoms with E-state index in [0.717, 1.165) is 0 Å². The van der Waals surface area contributed by atoms with Crippen LogP contribution in [0.3, 0.4) is 0 Å². The van der Waals surface area contributed by atoms with Crippen molar-refractivity contribution in [3.05, 3.63) is 24.3 Å². The van der Waals surface area contributed by atoms with Gasteiger partial charge < -0.3 is 9.64 Å². The van der Waals surface area contributed by atoms with Crippen LogP contribution in [0.1, 0.15) is 19.7 Å². The van der Waals surface area contributed by atoms with Crippen LogP contribution in [-0.2, 0) is 11.3 Å². The lowest BCUT2D eigenvalue weighted by Crippen LogP contribution is -2.29. The quantitative estimate of drug-likeness (QED) is 0.756. The highest BCUT2D eigenvalue weighted by Gasteiger charge is 2.12. The minimum atomic E-state index is -0.363. The molecule has 0 bridgehead atoms. The molecule has 5 nitrogen and oxygen atoms in total. The van der Waals surface area contributed by atoms with E-state index < -0.39 is 0 Å². The Bertz CT molecular complexity index is 314. The fourth-order valence-corrected chi connectivity index (χ4v) is 0.980. The molecule has 1 heterocycles. The Kier molecular flexibility index (Phi) is 4.03. The summed E-state index contributed by atoms with van der Waals surface area (Å²) >= 11 is 0. The van der Waals surface area contributed by atoms with Gasteiger partial charge in [-0.3, -0.25) is 0 Å². The maximum absolute atomic E-state index is 11.4. The average molecular weight is 209 g/mol. The maximum Gasteiger partial charge on any atom is 0.410 e. The van der Waals surface area contributed by atoms with Gasteiger partial charge in [-0.15, -0.1) is 0 Å². The number of rotatable bonds is 3. The Morgan fingerprint density at radius 1 is 1.47 bits per heavy atom. The SMILES string of the molecule is CC(C)OC(=O)N(C)Cc1ncccn1. The van der Waals surface area contributed by atoms with Gasteiger partial charge >= 0.3 is 6.09 Å². The molecule has 0 N–H and O–H groups in total. The molecule has 82 valence electrons. The molecule has 15 heavy (non-hydrogen) atoms. The second-order valence-corrected chi connectivity index (χ2v) is 3.45. The maximum atomic E-state index is 11.4. The topological polar surface area (TPSA) is 55.3 Å². The average Bonchev–Trinajstić information content (AvgIpc) is 2.18. The van der Waals surface area contributed by atoms with Crippen LogP contribution in [0.2, 0.25) is 0 Å². The summed E-state index contributed by atoms with van der Waals surface area (Å²) in [5.41, 5.74) is 0. The molecule has 0 aliphatic carbocycles. The highest BCUT2D eigenvalue weighted by atomic mass is 16.6. The van der Waals surface area contributed by atoms with Crippen LogP contribution in [-0.4, -0.2) is 34.1 Å². The van der Waals surface area contributed by atoms with Gasteiger partial charge in [-0.05, 0) is 19.9 Å². The number of nitrogens with zero attached hydrogens (tertiary/aromatic N) is 3. The lowest BCUT2D eigenvalue weighted by Gasteiger charge is -2.17.